The zero-order chi connectivity index (χ0) is 22.9. The molecule has 2 N–H and O–H groups in total. The Morgan fingerprint density at radius 3 is 2.50 bits per heavy atom. The minimum Gasteiger partial charge on any atom is -0.318 e. The first-order valence-electron chi connectivity index (χ1n) is 9.91. The van der Waals surface area contributed by atoms with E-state index < -0.39 is 23.4 Å². The van der Waals surface area contributed by atoms with E-state index in [0.29, 0.717) is 16.5 Å². The van der Waals surface area contributed by atoms with Crippen LogP contribution in [0.1, 0.15) is 18.1 Å². The fourth-order valence-electron chi connectivity index (χ4n) is 3.49. The second kappa shape index (κ2) is 8.46. The van der Waals surface area contributed by atoms with Crippen molar-refractivity contribution in [1.82, 2.24) is 30.5 Å². The van der Waals surface area contributed by atoms with E-state index in [1.807, 2.05) is 44.3 Å². The molecule has 0 saturated carbocycles. The third-order valence-corrected chi connectivity index (χ3v) is 6.35. The lowest BCUT2D eigenvalue weighted by Crippen LogP contribution is -2.48. The summed E-state index contributed by atoms with van der Waals surface area (Å²) in [6.07, 6.45) is 0. The molecule has 1 unspecified atom stereocenters. The Kier molecular flexibility index (Phi) is 5.70. The molecule has 1 aromatic heterocycles. The van der Waals surface area contributed by atoms with Gasteiger partial charge in [0.1, 0.15) is 5.54 Å². The summed E-state index contributed by atoms with van der Waals surface area (Å²) >= 11 is 1.17. The van der Waals surface area contributed by atoms with E-state index in [1.165, 1.54) is 11.8 Å². The molecule has 1 aliphatic rings. The van der Waals surface area contributed by atoms with E-state index in [-0.39, 0.29) is 5.75 Å². The molecular weight excluding hydrogens is 428 g/mol. The Bertz CT molecular complexity index is 1200. The van der Waals surface area contributed by atoms with Crippen molar-refractivity contribution < 1.29 is 14.4 Å². The van der Waals surface area contributed by atoms with Gasteiger partial charge in [-0.3, -0.25) is 15.0 Å². The molecule has 164 valence electrons. The third kappa shape index (κ3) is 3.84. The number of hydrogen-bond donors (Lipinski definition) is 2. The Labute approximate surface area is 189 Å². The molecule has 4 amide bonds. The van der Waals surface area contributed by atoms with Crippen molar-refractivity contribution in [2.75, 3.05) is 5.75 Å². The highest BCUT2D eigenvalue weighted by Crippen LogP contribution is 2.28. The van der Waals surface area contributed by atoms with Crippen LogP contribution in [0.2, 0.25) is 0 Å². The number of imide groups is 1. The third-order valence-electron chi connectivity index (χ3n) is 5.33. The maximum absolute atomic E-state index is 12.9. The van der Waals surface area contributed by atoms with Crippen molar-refractivity contribution in [2.45, 2.75) is 24.5 Å². The summed E-state index contributed by atoms with van der Waals surface area (Å²) < 4.78 is 1.81. The van der Waals surface area contributed by atoms with Gasteiger partial charge < -0.3 is 9.88 Å². The van der Waals surface area contributed by atoms with E-state index in [9.17, 15) is 14.4 Å². The summed E-state index contributed by atoms with van der Waals surface area (Å²) in [6, 6.07) is 16.0. The Morgan fingerprint density at radius 2 is 1.78 bits per heavy atom. The van der Waals surface area contributed by atoms with Gasteiger partial charge in [-0.05, 0) is 25.0 Å². The molecule has 0 radical (unpaired) electrons. The molecular formula is C22H22N6O3S. The van der Waals surface area contributed by atoms with Crippen molar-refractivity contribution in [3.05, 3.63) is 65.7 Å². The number of aromatic nitrogens is 3. The zero-order valence-corrected chi connectivity index (χ0v) is 18.6. The van der Waals surface area contributed by atoms with E-state index in [0.717, 1.165) is 16.1 Å². The van der Waals surface area contributed by atoms with Gasteiger partial charge >= 0.3 is 6.03 Å². The average molecular weight is 451 g/mol. The van der Waals surface area contributed by atoms with Gasteiger partial charge in [-0.1, -0.05) is 66.4 Å². The number of nitrogens with zero attached hydrogens (tertiary/aromatic N) is 4. The number of benzene rings is 2. The van der Waals surface area contributed by atoms with Gasteiger partial charge in [0, 0.05) is 12.6 Å². The predicted molar refractivity (Wildman–Crippen MR) is 119 cm³/mol. The smallest absolute Gasteiger partial charge is 0.318 e. The normalized spacial score (nSPS) is 18.0. The highest BCUT2D eigenvalue weighted by Gasteiger charge is 2.49. The molecule has 2 aromatic carbocycles. The molecule has 4 rings (SSSR count). The molecule has 10 heteroatoms. The summed E-state index contributed by atoms with van der Waals surface area (Å²) in [5.41, 5.74) is 3.81. The molecule has 32 heavy (non-hydrogen) atoms. The largest absolute Gasteiger partial charge is 0.344 e. The maximum atomic E-state index is 12.9. The Balaban J connectivity index is 1.41. The number of hydrogen-bond acceptors (Lipinski definition) is 6. The van der Waals surface area contributed by atoms with Crippen LogP contribution in [-0.4, -0.2) is 43.4 Å². The van der Waals surface area contributed by atoms with Crippen molar-refractivity contribution in [3.63, 3.8) is 0 Å². The van der Waals surface area contributed by atoms with E-state index in [2.05, 4.69) is 20.9 Å². The van der Waals surface area contributed by atoms with Crippen molar-refractivity contribution in [3.8, 4) is 11.4 Å². The molecule has 0 bridgehead atoms. The molecule has 0 spiro atoms. The van der Waals surface area contributed by atoms with Gasteiger partial charge in [0.2, 0.25) is 5.91 Å². The molecule has 1 fully saturated rings. The summed E-state index contributed by atoms with van der Waals surface area (Å²) in [6.45, 7) is 3.60. The quantitative estimate of drug-likeness (QED) is 0.441. The summed E-state index contributed by atoms with van der Waals surface area (Å²) in [4.78, 5) is 37.8. The molecule has 1 atom stereocenters. The number of carbonyl (C=O) groups is 3. The van der Waals surface area contributed by atoms with Gasteiger partial charge in [0.25, 0.3) is 5.91 Å². The number of rotatable bonds is 6. The fourth-order valence-corrected chi connectivity index (χ4v) is 4.20. The van der Waals surface area contributed by atoms with Gasteiger partial charge in [-0.15, -0.1) is 10.2 Å². The fraction of sp³-hybridized carbons (Fsp3) is 0.227. The van der Waals surface area contributed by atoms with Gasteiger partial charge in [0.05, 0.1) is 5.75 Å². The molecule has 1 saturated heterocycles. The summed E-state index contributed by atoms with van der Waals surface area (Å²) in [5.74, 6) is -0.402. The minimum absolute atomic E-state index is 0.0428. The number of aryl methyl sites for hydroxylation is 1. The second-order valence-electron chi connectivity index (χ2n) is 7.57. The lowest BCUT2D eigenvalue weighted by atomic mass is 9.92. The lowest BCUT2D eigenvalue weighted by molar-refractivity contribution is -0.138. The number of carbonyl (C=O) groups excluding carboxylic acids is 3. The zero-order valence-electron chi connectivity index (χ0n) is 17.8. The van der Waals surface area contributed by atoms with Crippen LogP contribution in [0, 0.1) is 6.92 Å². The van der Waals surface area contributed by atoms with Crippen molar-refractivity contribution in [1.29, 1.82) is 0 Å². The van der Waals surface area contributed by atoms with Gasteiger partial charge in [0.15, 0.2) is 11.0 Å². The number of urea groups is 1. The minimum atomic E-state index is -1.25. The second-order valence-corrected chi connectivity index (χ2v) is 8.51. The average Bonchev–Trinajstić information content (AvgIpc) is 3.25. The van der Waals surface area contributed by atoms with Crippen LogP contribution in [0.4, 0.5) is 4.79 Å². The predicted octanol–water partition coefficient (Wildman–Crippen LogP) is 2.38. The highest BCUT2D eigenvalue weighted by molar-refractivity contribution is 7.99. The van der Waals surface area contributed by atoms with Crippen LogP contribution in [-0.2, 0) is 22.2 Å². The standard InChI is InChI=1S/C22H22N6O3S/c1-14-9-7-8-12-16(14)18-24-25-21(27(18)3)32-13-17(29)26-28-19(30)22(2,23-20(28)31)15-10-5-4-6-11-15/h4-12H,13H2,1-3H3,(H,23,31)(H,26,29). The first-order valence-corrected chi connectivity index (χ1v) is 10.9. The van der Waals surface area contributed by atoms with Crippen LogP contribution >= 0.6 is 11.8 Å². The molecule has 3 aromatic rings. The van der Waals surface area contributed by atoms with Crippen LogP contribution in [0.15, 0.2) is 59.8 Å². The topological polar surface area (TPSA) is 109 Å². The van der Waals surface area contributed by atoms with Crippen molar-refractivity contribution >= 4 is 29.6 Å². The van der Waals surface area contributed by atoms with Crippen LogP contribution in [0.5, 0.6) is 0 Å². The first kappa shape index (κ1) is 21.6. The lowest BCUT2D eigenvalue weighted by Gasteiger charge is -2.22. The number of nitrogens with one attached hydrogen (secondary N) is 2. The van der Waals surface area contributed by atoms with Crippen LogP contribution < -0.4 is 10.7 Å². The molecule has 9 nitrogen and oxygen atoms in total. The Morgan fingerprint density at radius 1 is 1.09 bits per heavy atom. The highest BCUT2D eigenvalue weighted by atomic mass is 32.2. The number of amides is 4. The number of hydrazine groups is 1. The van der Waals surface area contributed by atoms with Gasteiger partial charge in [-0.25, -0.2) is 4.79 Å². The van der Waals surface area contributed by atoms with Crippen molar-refractivity contribution in [2.24, 2.45) is 7.05 Å². The number of thioether (sulfide) groups is 1. The van der Waals surface area contributed by atoms with Crippen LogP contribution in [0.3, 0.4) is 0 Å². The van der Waals surface area contributed by atoms with E-state index in [4.69, 9.17) is 0 Å². The summed E-state index contributed by atoms with van der Waals surface area (Å²) in [7, 11) is 1.82. The molecule has 0 aliphatic carbocycles. The SMILES string of the molecule is Cc1ccccc1-c1nnc(SCC(=O)NN2C(=O)NC(C)(c3ccccc3)C2=O)n1C. The Hall–Kier alpha value is -3.66. The summed E-state index contributed by atoms with van der Waals surface area (Å²) in [5, 5.41) is 12.3. The maximum Gasteiger partial charge on any atom is 0.344 e. The van der Waals surface area contributed by atoms with Crippen LogP contribution in [0.25, 0.3) is 11.4 Å². The van der Waals surface area contributed by atoms with Gasteiger partial charge in [-0.2, -0.15) is 5.01 Å². The molecule has 2 heterocycles. The van der Waals surface area contributed by atoms with E-state index in [1.54, 1.807) is 35.8 Å². The first-order chi connectivity index (χ1) is 15.3. The van der Waals surface area contributed by atoms with E-state index >= 15 is 0 Å². The molecule has 1 aliphatic heterocycles. The monoisotopic (exact) mass is 450 g/mol.